The van der Waals surface area contributed by atoms with Gasteiger partial charge in [-0.15, -0.1) is 0 Å². The van der Waals surface area contributed by atoms with Gasteiger partial charge in [0.05, 0.1) is 24.2 Å². The predicted octanol–water partition coefficient (Wildman–Crippen LogP) is 3.46. The molecule has 23 heavy (non-hydrogen) atoms. The van der Waals surface area contributed by atoms with E-state index >= 15 is 0 Å². The molecule has 2 unspecified atom stereocenters. The molecule has 4 nitrogen and oxygen atoms in total. The Morgan fingerprint density at radius 1 is 1.35 bits per heavy atom. The van der Waals surface area contributed by atoms with Crippen LogP contribution in [0.4, 0.5) is 0 Å². The average Bonchev–Trinajstić information content (AvgIpc) is 3.29. The Hall–Kier alpha value is -1.07. The molecule has 1 heterocycles. The first-order valence-corrected chi connectivity index (χ1v) is 8.65. The summed E-state index contributed by atoms with van der Waals surface area (Å²) in [7, 11) is 1.21. The molecule has 0 N–H and O–H groups in total. The van der Waals surface area contributed by atoms with Gasteiger partial charge in [-0.1, -0.05) is 31.6 Å². The van der Waals surface area contributed by atoms with Crippen LogP contribution in [0.1, 0.15) is 53.4 Å². The van der Waals surface area contributed by atoms with Gasteiger partial charge >= 0.3 is 13.1 Å². The van der Waals surface area contributed by atoms with Crippen molar-refractivity contribution in [1.29, 1.82) is 0 Å². The molecule has 2 fully saturated rings. The maximum atomic E-state index is 12.0. The van der Waals surface area contributed by atoms with Gasteiger partial charge in [0.1, 0.15) is 0 Å². The fourth-order valence-electron chi connectivity index (χ4n) is 3.67. The molecule has 2 atom stereocenters. The van der Waals surface area contributed by atoms with Crippen LogP contribution in [0.15, 0.2) is 23.2 Å². The van der Waals surface area contributed by atoms with Crippen molar-refractivity contribution < 1.29 is 18.8 Å². The molecule has 3 aliphatic rings. The van der Waals surface area contributed by atoms with E-state index < -0.39 is 0 Å². The van der Waals surface area contributed by atoms with Gasteiger partial charge in [0.15, 0.2) is 0 Å². The number of carbonyl (C=O) groups is 1. The van der Waals surface area contributed by atoms with Crippen molar-refractivity contribution in [2.75, 3.05) is 7.11 Å². The van der Waals surface area contributed by atoms with Gasteiger partial charge in [-0.3, -0.25) is 4.79 Å². The van der Waals surface area contributed by atoms with Gasteiger partial charge in [0.25, 0.3) is 0 Å². The van der Waals surface area contributed by atoms with Crippen molar-refractivity contribution in [2.24, 2.45) is 11.3 Å². The third-order valence-corrected chi connectivity index (χ3v) is 6.07. The van der Waals surface area contributed by atoms with E-state index in [0.717, 1.165) is 25.7 Å². The minimum absolute atomic E-state index is 0.0728. The van der Waals surface area contributed by atoms with Crippen molar-refractivity contribution in [2.45, 2.75) is 65.1 Å². The van der Waals surface area contributed by atoms with Gasteiger partial charge in [-0.2, -0.15) is 0 Å². The Balaban J connectivity index is 1.74. The molecule has 1 saturated carbocycles. The Kier molecular flexibility index (Phi) is 4.22. The molecule has 0 aromatic rings. The van der Waals surface area contributed by atoms with Crippen LogP contribution < -0.4 is 0 Å². The summed E-state index contributed by atoms with van der Waals surface area (Å²) in [5.41, 5.74) is 1.78. The highest BCUT2D eigenvalue weighted by molar-refractivity contribution is 6.54. The standard InChI is InChI=1S/C18H27BO4/c1-12(2)17(4)13(3)22-19(23-17)15-8-6-14(7-9-15)18(10-11-18)16(20)21-5/h6,8,12-13H,7,9-11H2,1-5H3. The topological polar surface area (TPSA) is 44.8 Å². The molecule has 3 rings (SSSR count). The number of hydrogen-bond donors (Lipinski definition) is 0. The summed E-state index contributed by atoms with van der Waals surface area (Å²) in [5, 5.41) is 0. The van der Waals surface area contributed by atoms with E-state index in [-0.39, 0.29) is 30.2 Å². The Morgan fingerprint density at radius 3 is 2.48 bits per heavy atom. The number of ether oxygens (including phenoxy) is 1. The van der Waals surface area contributed by atoms with Gasteiger partial charge < -0.3 is 14.0 Å². The highest BCUT2D eigenvalue weighted by Gasteiger charge is 2.54. The summed E-state index contributed by atoms with van der Waals surface area (Å²) in [4.78, 5) is 12.0. The third-order valence-electron chi connectivity index (χ3n) is 6.07. The molecule has 0 amide bonds. The zero-order chi connectivity index (χ0) is 16.8. The lowest BCUT2D eigenvalue weighted by atomic mass is 9.71. The first kappa shape index (κ1) is 16.8. The largest absolute Gasteiger partial charge is 0.490 e. The van der Waals surface area contributed by atoms with Crippen molar-refractivity contribution in [1.82, 2.24) is 0 Å². The number of allylic oxidation sites excluding steroid dienone is 3. The fourth-order valence-corrected chi connectivity index (χ4v) is 3.67. The number of methoxy groups -OCH3 is 1. The zero-order valence-corrected chi connectivity index (χ0v) is 14.8. The van der Waals surface area contributed by atoms with Gasteiger partial charge in [-0.05, 0) is 50.9 Å². The second-order valence-corrected chi connectivity index (χ2v) is 7.57. The summed E-state index contributed by atoms with van der Waals surface area (Å²) in [6, 6.07) is 0. The minimum Gasteiger partial charge on any atom is -0.468 e. The zero-order valence-electron chi connectivity index (χ0n) is 14.8. The summed E-state index contributed by atoms with van der Waals surface area (Å²) >= 11 is 0. The lowest BCUT2D eigenvalue weighted by Gasteiger charge is -2.32. The highest BCUT2D eigenvalue weighted by Crippen LogP contribution is 2.55. The highest BCUT2D eigenvalue weighted by atomic mass is 16.7. The summed E-state index contributed by atoms with van der Waals surface area (Å²) in [5.74, 6) is 0.307. The Morgan fingerprint density at radius 2 is 2.04 bits per heavy atom. The van der Waals surface area contributed by atoms with E-state index in [4.69, 9.17) is 14.0 Å². The van der Waals surface area contributed by atoms with Crippen LogP contribution >= 0.6 is 0 Å². The molecular weight excluding hydrogens is 291 g/mol. The van der Waals surface area contributed by atoms with Crippen molar-refractivity contribution in [3.63, 3.8) is 0 Å². The maximum absolute atomic E-state index is 12.0. The molecule has 126 valence electrons. The summed E-state index contributed by atoms with van der Waals surface area (Å²) < 4.78 is 17.3. The molecule has 0 radical (unpaired) electrons. The van der Waals surface area contributed by atoms with Crippen molar-refractivity contribution >= 4 is 13.1 Å². The molecule has 0 aromatic carbocycles. The minimum atomic E-state index is -0.339. The van der Waals surface area contributed by atoms with Crippen LogP contribution in [-0.2, 0) is 18.8 Å². The molecule has 2 aliphatic carbocycles. The van der Waals surface area contributed by atoms with E-state index in [1.165, 1.54) is 18.2 Å². The summed E-state index contributed by atoms with van der Waals surface area (Å²) in [6.07, 6.45) is 7.84. The molecule has 0 bridgehead atoms. The van der Waals surface area contributed by atoms with E-state index in [9.17, 15) is 4.79 Å². The van der Waals surface area contributed by atoms with Crippen molar-refractivity contribution in [3.05, 3.63) is 23.2 Å². The lowest BCUT2D eigenvalue weighted by Crippen LogP contribution is -2.40. The molecule has 1 saturated heterocycles. The van der Waals surface area contributed by atoms with Crippen LogP contribution in [0.2, 0.25) is 0 Å². The SMILES string of the molecule is COC(=O)C1(C2=CC=C(B3OC(C)C(C)(C(C)C)O3)CC2)CC1. The van der Waals surface area contributed by atoms with Crippen LogP contribution in [0.3, 0.4) is 0 Å². The maximum Gasteiger partial charge on any atom is 0.490 e. The van der Waals surface area contributed by atoms with E-state index in [1.807, 2.05) is 0 Å². The quantitative estimate of drug-likeness (QED) is 0.588. The average molecular weight is 318 g/mol. The Labute approximate surface area is 139 Å². The van der Waals surface area contributed by atoms with Gasteiger partial charge in [0, 0.05) is 0 Å². The monoisotopic (exact) mass is 318 g/mol. The van der Waals surface area contributed by atoms with Crippen LogP contribution in [0.25, 0.3) is 0 Å². The van der Waals surface area contributed by atoms with Crippen molar-refractivity contribution in [3.8, 4) is 0 Å². The van der Waals surface area contributed by atoms with E-state index in [2.05, 4.69) is 39.8 Å². The number of hydrogen-bond acceptors (Lipinski definition) is 4. The molecule has 1 aliphatic heterocycles. The van der Waals surface area contributed by atoms with Gasteiger partial charge in [0.2, 0.25) is 0 Å². The van der Waals surface area contributed by atoms with Crippen LogP contribution in [-0.4, -0.2) is 31.9 Å². The summed E-state index contributed by atoms with van der Waals surface area (Å²) in [6.45, 7) is 8.55. The predicted molar refractivity (Wildman–Crippen MR) is 89.7 cm³/mol. The van der Waals surface area contributed by atoms with Crippen LogP contribution in [0, 0.1) is 11.3 Å². The number of esters is 1. The second-order valence-electron chi connectivity index (χ2n) is 7.57. The molecule has 5 heteroatoms. The lowest BCUT2D eigenvalue weighted by molar-refractivity contribution is -0.145. The Bertz CT molecular complexity index is 561. The second kappa shape index (κ2) is 5.78. The van der Waals surface area contributed by atoms with E-state index in [1.54, 1.807) is 0 Å². The molecule has 0 aromatic heterocycles. The molecule has 0 spiro atoms. The van der Waals surface area contributed by atoms with E-state index in [0.29, 0.717) is 5.92 Å². The first-order chi connectivity index (χ1) is 10.8. The first-order valence-electron chi connectivity index (χ1n) is 8.65. The fraction of sp³-hybridized carbons (Fsp3) is 0.722. The van der Waals surface area contributed by atoms with Gasteiger partial charge in [-0.25, -0.2) is 0 Å². The van der Waals surface area contributed by atoms with Crippen LogP contribution in [0.5, 0.6) is 0 Å². The molecular formula is C18H27BO4. The third kappa shape index (κ3) is 2.68. The smallest absolute Gasteiger partial charge is 0.468 e. The number of carbonyl (C=O) groups excluding carboxylic acids is 1. The number of rotatable bonds is 4. The normalized spacial score (nSPS) is 32.6.